The number of nitrogens with zero attached hydrogens (tertiary/aromatic N) is 3. The lowest BCUT2D eigenvalue weighted by Gasteiger charge is -2.40. The molecule has 0 amide bonds. The van der Waals surface area contributed by atoms with Gasteiger partial charge in [-0.2, -0.15) is 5.10 Å². The summed E-state index contributed by atoms with van der Waals surface area (Å²) in [6.45, 7) is 3.73. The number of benzene rings is 2. The highest BCUT2D eigenvalue weighted by Crippen LogP contribution is 2.45. The smallest absolute Gasteiger partial charge is 0.237 e. The largest absolute Gasteiger partial charge is 0.456 e. The molecule has 174 valence electrons. The molecule has 3 heterocycles. The van der Waals surface area contributed by atoms with E-state index in [4.69, 9.17) is 9.47 Å². The van der Waals surface area contributed by atoms with Crippen molar-refractivity contribution in [3.05, 3.63) is 59.9 Å². The minimum absolute atomic E-state index is 0.0339. The van der Waals surface area contributed by atoms with Gasteiger partial charge in [0.1, 0.15) is 23.1 Å². The van der Waals surface area contributed by atoms with Gasteiger partial charge in [0.05, 0.1) is 12.2 Å². The molecule has 0 bridgehead atoms. The molecule has 1 fully saturated rings. The zero-order chi connectivity index (χ0) is 23.1. The van der Waals surface area contributed by atoms with Crippen LogP contribution in [0.3, 0.4) is 0 Å². The van der Waals surface area contributed by atoms with Crippen molar-refractivity contribution >= 4 is 5.69 Å². The Bertz CT molecular complexity index is 1140. The molecule has 0 aliphatic carbocycles. The van der Waals surface area contributed by atoms with Gasteiger partial charge in [0.15, 0.2) is 0 Å². The molecule has 2 aliphatic rings. The van der Waals surface area contributed by atoms with Crippen LogP contribution in [0.1, 0.15) is 24.9 Å². The maximum absolute atomic E-state index is 13.9. The van der Waals surface area contributed by atoms with Crippen molar-refractivity contribution in [2.45, 2.75) is 38.3 Å². The van der Waals surface area contributed by atoms with Crippen molar-refractivity contribution in [1.29, 1.82) is 0 Å². The summed E-state index contributed by atoms with van der Waals surface area (Å²) in [6.07, 6.45) is 4.02. The molecule has 1 aromatic heterocycles. The van der Waals surface area contributed by atoms with Crippen LogP contribution in [0.4, 0.5) is 14.5 Å². The molecular weight excluding hydrogens is 430 g/mol. The first kappa shape index (κ1) is 21.8. The summed E-state index contributed by atoms with van der Waals surface area (Å²) in [7, 11) is 1.44. The lowest BCUT2D eigenvalue weighted by molar-refractivity contribution is -0.0795. The van der Waals surface area contributed by atoms with Gasteiger partial charge in [0, 0.05) is 73.0 Å². The van der Waals surface area contributed by atoms with Crippen molar-refractivity contribution in [3.8, 4) is 22.6 Å². The number of hydrogen-bond donors (Lipinski definition) is 2. The number of nitrogens with one attached hydrogen (secondary N) is 1. The number of fused-ring (bicyclic) bond motifs is 1. The molecule has 33 heavy (non-hydrogen) atoms. The van der Waals surface area contributed by atoms with Gasteiger partial charge < -0.3 is 24.8 Å². The summed E-state index contributed by atoms with van der Waals surface area (Å²) in [4.78, 5) is 1.78. The van der Waals surface area contributed by atoms with Gasteiger partial charge >= 0.3 is 0 Å². The highest BCUT2D eigenvalue weighted by Gasteiger charge is 2.32. The molecule has 0 radical (unpaired) electrons. The Labute approximate surface area is 190 Å². The molecule has 2 aliphatic heterocycles. The van der Waals surface area contributed by atoms with E-state index < -0.39 is 18.0 Å². The Morgan fingerprint density at radius 2 is 1.94 bits per heavy atom. The number of hydrogen-bond acceptors (Lipinski definition) is 6. The second kappa shape index (κ2) is 8.74. The van der Waals surface area contributed by atoms with E-state index in [9.17, 15) is 13.9 Å². The van der Waals surface area contributed by atoms with E-state index in [1.807, 2.05) is 29.9 Å². The number of aromatic nitrogens is 2. The van der Waals surface area contributed by atoms with E-state index in [0.29, 0.717) is 18.2 Å². The van der Waals surface area contributed by atoms with E-state index in [-0.39, 0.29) is 11.8 Å². The summed E-state index contributed by atoms with van der Waals surface area (Å²) in [5, 5.41) is 18.2. The molecule has 1 unspecified atom stereocenters. The first-order valence-corrected chi connectivity index (χ1v) is 11.0. The summed E-state index contributed by atoms with van der Waals surface area (Å²) in [5.41, 5.74) is 3.20. The van der Waals surface area contributed by atoms with Gasteiger partial charge in [-0.1, -0.05) is 0 Å². The van der Waals surface area contributed by atoms with Crippen molar-refractivity contribution in [1.82, 2.24) is 15.1 Å². The van der Waals surface area contributed by atoms with Gasteiger partial charge in [0.25, 0.3) is 0 Å². The molecular formula is C24H26F2N4O3. The van der Waals surface area contributed by atoms with E-state index >= 15 is 0 Å². The average molecular weight is 456 g/mol. The number of anilines is 1. The van der Waals surface area contributed by atoms with Crippen LogP contribution in [0.5, 0.6) is 11.5 Å². The average Bonchev–Trinajstić information content (AvgIpc) is 3.20. The first-order chi connectivity index (χ1) is 15.9. The van der Waals surface area contributed by atoms with Crippen molar-refractivity contribution in [2.75, 3.05) is 25.1 Å². The van der Waals surface area contributed by atoms with Crippen molar-refractivity contribution in [3.63, 3.8) is 0 Å². The first-order valence-electron chi connectivity index (χ1n) is 11.0. The minimum Gasteiger partial charge on any atom is -0.456 e. The molecule has 0 spiro atoms. The Hall–Kier alpha value is -3.01. The molecule has 9 heteroatoms. The predicted octanol–water partition coefficient (Wildman–Crippen LogP) is 3.83. The number of ether oxygens (including phenoxy) is 2. The maximum atomic E-state index is 13.9. The van der Waals surface area contributed by atoms with Crippen LogP contribution in [0.15, 0.2) is 42.7 Å². The lowest BCUT2D eigenvalue weighted by Crippen LogP contribution is -2.46. The molecule has 0 saturated carbocycles. The Kier molecular flexibility index (Phi) is 5.77. The fourth-order valence-electron chi connectivity index (χ4n) is 4.47. The fourth-order valence-corrected chi connectivity index (χ4v) is 4.47. The lowest BCUT2D eigenvalue weighted by atomic mass is 9.92. The third-order valence-corrected chi connectivity index (χ3v) is 6.35. The standard InChI is InChI=1S/C24H26F2N4O3/c1-14-3-4-21-22(30(14)24(31)32-2)6-5-20(15-10-28-29(13-15)18-11-27-12-18)23(21)33-19-8-16(25)7-17(26)9-19/h5-10,13-14,18,24,27,31H,3-4,11-12H2,1-2H3/t14-,24?/m0/s1. The SMILES string of the molecule is COC(O)N1c2ccc(-c3cnn(C4CNC4)c3)c(Oc3cc(F)cc(F)c3)c2CC[C@@H]1C. The predicted molar refractivity (Wildman–Crippen MR) is 119 cm³/mol. The second-order valence-electron chi connectivity index (χ2n) is 8.53. The minimum atomic E-state index is -1.13. The molecule has 1 saturated heterocycles. The molecule has 2 N–H and O–H groups in total. The monoisotopic (exact) mass is 456 g/mol. The fraction of sp³-hybridized carbons (Fsp3) is 0.375. The van der Waals surface area contributed by atoms with Gasteiger partial charge in [-0.25, -0.2) is 8.78 Å². The number of halogens is 2. The number of aliphatic hydroxyl groups excluding tert-OH is 1. The summed E-state index contributed by atoms with van der Waals surface area (Å²) >= 11 is 0. The van der Waals surface area contributed by atoms with Crippen LogP contribution in [0.25, 0.3) is 11.1 Å². The zero-order valence-corrected chi connectivity index (χ0v) is 18.5. The summed E-state index contributed by atoms with van der Waals surface area (Å²) in [6, 6.07) is 7.26. The van der Waals surface area contributed by atoms with E-state index in [0.717, 1.165) is 60.1 Å². The van der Waals surface area contributed by atoms with Gasteiger partial charge in [-0.3, -0.25) is 4.68 Å². The number of aliphatic hydroxyl groups is 1. The zero-order valence-electron chi connectivity index (χ0n) is 18.5. The number of rotatable bonds is 6. The molecule has 2 aromatic carbocycles. The second-order valence-corrected chi connectivity index (χ2v) is 8.53. The van der Waals surface area contributed by atoms with Gasteiger partial charge in [-0.05, 0) is 31.9 Å². The van der Waals surface area contributed by atoms with Crippen molar-refractivity contribution < 1.29 is 23.4 Å². The van der Waals surface area contributed by atoms with Gasteiger partial charge in [-0.15, -0.1) is 0 Å². The molecule has 3 aromatic rings. The summed E-state index contributed by atoms with van der Waals surface area (Å²) < 4.78 is 41.1. The quantitative estimate of drug-likeness (QED) is 0.550. The van der Waals surface area contributed by atoms with Crippen LogP contribution >= 0.6 is 0 Å². The third kappa shape index (κ3) is 4.07. The topological polar surface area (TPSA) is 71.8 Å². The molecule has 2 atom stereocenters. The van der Waals surface area contributed by atoms with E-state index in [1.54, 1.807) is 11.1 Å². The van der Waals surface area contributed by atoms with Crippen LogP contribution < -0.4 is 15.0 Å². The van der Waals surface area contributed by atoms with Crippen LogP contribution in [0.2, 0.25) is 0 Å². The summed E-state index contributed by atoms with van der Waals surface area (Å²) in [5.74, 6) is -0.877. The van der Waals surface area contributed by atoms with E-state index in [2.05, 4.69) is 10.4 Å². The van der Waals surface area contributed by atoms with Crippen LogP contribution in [-0.4, -0.2) is 47.5 Å². The Morgan fingerprint density at radius 1 is 1.18 bits per heavy atom. The van der Waals surface area contributed by atoms with E-state index in [1.165, 1.54) is 7.11 Å². The normalized spacial score (nSPS) is 19.2. The molecule has 5 rings (SSSR count). The highest BCUT2D eigenvalue weighted by atomic mass is 19.1. The highest BCUT2D eigenvalue weighted by molar-refractivity contribution is 5.78. The molecule has 7 nitrogen and oxygen atoms in total. The van der Waals surface area contributed by atoms with Gasteiger partial charge in [0.2, 0.25) is 6.41 Å². The Morgan fingerprint density at radius 3 is 2.61 bits per heavy atom. The number of methoxy groups -OCH3 is 1. The maximum Gasteiger partial charge on any atom is 0.237 e. The Balaban J connectivity index is 1.63. The van der Waals surface area contributed by atoms with Crippen LogP contribution in [-0.2, 0) is 11.2 Å². The van der Waals surface area contributed by atoms with Crippen LogP contribution in [0, 0.1) is 11.6 Å². The van der Waals surface area contributed by atoms with Crippen molar-refractivity contribution in [2.24, 2.45) is 0 Å². The third-order valence-electron chi connectivity index (χ3n) is 6.35.